The first kappa shape index (κ1) is 7.34. The van der Waals surface area contributed by atoms with Crippen LogP contribution in [0.5, 0.6) is 0 Å². The quantitative estimate of drug-likeness (QED) is 0.654. The highest BCUT2D eigenvalue weighted by Gasteiger charge is 2.46. The number of likely N-dealkylation sites (tertiary alicyclic amines) is 1. The van der Waals surface area contributed by atoms with Crippen LogP contribution in [0.3, 0.4) is 0 Å². The predicted octanol–water partition coefficient (Wildman–Crippen LogP) is 0.833. The van der Waals surface area contributed by atoms with E-state index in [0.717, 1.165) is 18.0 Å². The molecule has 1 aliphatic carbocycles. The average Bonchev–Trinajstić information content (AvgIpc) is 2.54. The highest BCUT2D eigenvalue weighted by atomic mass is 15.2. The highest BCUT2D eigenvalue weighted by Crippen LogP contribution is 2.44. The molecule has 3 aliphatic rings. The topological polar surface area (TPSA) is 15.3 Å². The van der Waals surface area contributed by atoms with Crippen LogP contribution in [-0.2, 0) is 0 Å². The Kier molecular flexibility index (Phi) is 1.66. The largest absolute Gasteiger partial charge is 0.313 e. The van der Waals surface area contributed by atoms with Crippen molar-refractivity contribution in [2.45, 2.75) is 37.8 Å². The Morgan fingerprint density at radius 2 is 2.33 bits per heavy atom. The Hall–Kier alpha value is -0.0800. The Morgan fingerprint density at radius 3 is 2.92 bits per heavy atom. The summed E-state index contributed by atoms with van der Waals surface area (Å²) < 4.78 is 0. The monoisotopic (exact) mass is 166 g/mol. The van der Waals surface area contributed by atoms with Crippen molar-refractivity contribution in [2.24, 2.45) is 5.92 Å². The van der Waals surface area contributed by atoms with E-state index in [9.17, 15) is 0 Å². The maximum Gasteiger partial charge on any atom is 0.0195 e. The van der Waals surface area contributed by atoms with Gasteiger partial charge in [-0.3, -0.25) is 4.90 Å². The SMILES string of the molecule is C1CNC(CN2CCC3CC32)C1. The molecule has 3 atom stereocenters. The van der Waals surface area contributed by atoms with Gasteiger partial charge in [0, 0.05) is 18.6 Å². The van der Waals surface area contributed by atoms with Gasteiger partial charge in [-0.15, -0.1) is 0 Å². The Bertz CT molecular complexity index is 175. The molecule has 2 heteroatoms. The molecule has 0 aromatic carbocycles. The van der Waals surface area contributed by atoms with Crippen molar-refractivity contribution >= 4 is 0 Å². The van der Waals surface area contributed by atoms with Crippen LogP contribution in [-0.4, -0.2) is 36.6 Å². The van der Waals surface area contributed by atoms with Crippen molar-refractivity contribution in [1.82, 2.24) is 10.2 Å². The zero-order valence-corrected chi connectivity index (χ0v) is 7.63. The summed E-state index contributed by atoms with van der Waals surface area (Å²) in [5.41, 5.74) is 0. The van der Waals surface area contributed by atoms with E-state index in [0.29, 0.717) is 0 Å². The molecule has 0 bridgehead atoms. The van der Waals surface area contributed by atoms with Gasteiger partial charge in [-0.25, -0.2) is 0 Å². The van der Waals surface area contributed by atoms with Crippen molar-refractivity contribution in [3.63, 3.8) is 0 Å². The highest BCUT2D eigenvalue weighted by molar-refractivity contribution is 5.01. The zero-order chi connectivity index (χ0) is 7.97. The molecule has 0 radical (unpaired) electrons. The Labute approximate surface area is 74.3 Å². The first-order chi connectivity index (χ1) is 5.93. The molecule has 68 valence electrons. The summed E-state index contributed by atoms with van der Waals surface area (Å²) in [5.74, 6) is 1.10. The fourth-order valence-corrected chi connectivity index (χ4v) is 2.91. The number of hydrogen-bond donors (Lipinski definition) is 1. The Balaban J connectivity index is 1.53. The second-order valence-electron chi connectivity index (χ2n) is 4.64. The lowest BCUT2D eigenvalue weighted by Gasteiger charge is -2.21. The fraction of sp³-hybridized carbons (Fsp3) is 1.00. The van der Waals surface area contributed by atoms with Crippen LogP contribution in [0.4, 0.5) is 0 Å². The van der Waals surface area contributed by atoms with Crippen LogP contribution in [0.1, 0.15) is 25.7 Å². The van der Waals surface area contributed by atoms with Crippen LogP contribution in [0.15, 0.2) is 0 Å². The zero-order valence-electron chi connectivity index (χ0n) is 7.63. The van der Waals surface area contributed by atoms with Gasteiger partial charge < -0.3 is 5.32 Å². The smallest absolute Gasteiger partial charge is 0.0195 e. The lowest BCUT2D eigenvalue weighted by molar-refractivity contribution is 0.270. The van der Waals surface area contributed by atoms with E-state index in [1.807, 2.05) is 0 Å². The summed E-state index contributed by atoms with van der Waals surface area (Å²) >= 11 is 0. The van der Waals surface area contributed by atoms with E-state index in [1.165, 1.54) is 45.3 Å². The van der Waals surface area contributed by atoms with Gasteiger partial charge in [0.2, 0.25) is 0 Å². The lowest BCUT2D eigenvalue weighted by Crippen LogP contribution is -2.37. The van der Waals surface area contributed by atoms with E-state index in [2.05, 4.69) is 10.2 Å². The molecular weight excluding hydrogens is 148 g/mol. The molecule has 0 aromatic rings. The Morgan fingerprint density at radius 1 is 1.33 bits per heavy atom. The first-order valence-electron chi connectivity index (χ1n) is 5.41. The normalized spacial score (nSPS) is 46.5. The van der Waals surface area contributed by atoms with Crippen LogP contribution >= 0.6 is 0 Å². The molecule has 0 aromatic heterocycles. The number of piperidine rings is 1. The second-order valence-corrected chi connectivity index (χ2v) is 4.64. The van der Waals surface area contributed by atoms with Crippen LogP contribution in [0.25, 0.3) is 0 Å². The predicted molar refractivity (Wildman–Crippen MR) is 49.1 cm³/mol. The minimum Gasteiger partial charge on any atom is -0.313 e. The van der Waals surface area contributed by atoms with E-state index in [-0.39, 0.29) is 0 Å². The van der Waals surface area contributed by atoms with E-state index in [1.54, 1.807) is 0 Å². The standard InChI is InChI=1S/C10H18N2/c1-2-9(11-4-1)7-12-5-3-8-6-10(8)12/h8-11H,1-7H2. The molecule has 12 heavy (non-hydrogen) atoms. The molecule has 1 N–H and O–H groups in total. The number of hydrogen-bond acceptors (Lipinski definition) is 2. The van der Waals surface area contributed by atoms with Crippen molar-refractivity contribution < 1.29 is 0 Å². The van der Waals surface area contributed by atoms with Gasteiger partial charge in [-0.1, -0.05) is 0 Å². The summed E-state index contributed by atoms with van der Waals surface area (Å²) in [5, 5.41) is 3.58. The summed E-state index contributed by atoms with van der Waals surface area (Å²) in [6, 6.07) is 1.83. The summed E-state index contributed by atoms with van der Waals surface area (Å²) in [6.07, 6.45) is 5.80. The van der Waals surface area contributed by atoms with Crippen molar-refractivity contribution in [2.75, 3.05) is 19.6 Å². The van der Waals surface area contributed by atoms with Crippen LogP contribution in [0, 0.1) is 5.92 Å². The maximum atomic E-state index is 3.58. The molecular formula is C10H18N2. The van der Waals surface area contributed by atoms with E-state index in [4.69, 9.17) is 0 Å². The fourth-order valence-electron chi connectivity index (χ4n) is 2.91. The third-order valence-corrected chi connectivity index (χ3v) is 3.76. The molecule has 3 unspecified atom stereocenters. The van der Waals surface area contributed by atoms with E-state index < -0.39 is 0 Å². The summed E-state index contributed by atoms with van der Waals surface area (Å²) in [4.78, 5) is 2.72. The molecule has 2 heterocycles. The molecule has 1 saturated carbocycles. The maximum absolute atomic E-state index is 3.58. The molecule has 2 nitrogen and oxygen atoms in total. The van der Waals surface area contributed by atoms with Crippen LogP contribution in [0.2, 0.25) is 0 Å². The number of fused-ring (bicyclic) bond motifs is 1. The molecule has 2 saturated heterocycles. The molecule has 0 amide bonds. The second kappa shape index (κ2) is 2.71. The van der Waals surface area contributed by atoms with Crippen molar-refractivity contribution in [3.05, 3.63) is 0 Å². The van der Waals surface area contributed by atoms with Gasteiger partial charge >= 0.3 is 0 Å². The summed E-state index contributed by atoms with van der Waals surface area (Å²) in [7, 11) is 0. The van der Waals surface area contributed by atoms with Gasteiger partial charge in [0.1, 0.15) is 0 Å². The average molecular weight is 166 g/mol. The number of rotatable bonds is 2. The van der Waals surface area contributed by atoms with Gasteiger partial charge in [0.05, 0.1) is 0 Å². The third kappa shape index (κ3) is 1.17. The lowest BCUT2D eigenvalue weighted by atomic mass is 10.2. The van der Waals surface area contributed by atoms with Crippen molar-refractivity contribution in [1.29, 1.82) is 0 Å². The third-order valence-electron chi connectivity index (χ3n) is 3.76. The minimum absolute atomic E-state index is 0.823. The number of nitrogens with one attached hydrogen (secondary N) is 1. The molecule has 3 rings (SSSR count). The molecule has 0 spiro atoms. The summed E-state index contributed by atoms with van der Waals surface area (Å²) in [6.45, 7) is 3.97. The van der Waals surface area contributed by atoms with Crippen LogP contribution < -0.4 is 5.32 Å². The van der Waals surface area contributed by atoms with Gasteiger partial charge in [-0.05, 0) is 44.7 Å². The van der Waals surface area contributed by atoms with Gasteiger partial charge in [-0.2, -0.15) is 0 Å². The first-order valence-corrected chi connectivity index (χ1v) is 5.41. The van der Waals surface area contributed by atoms with E-state index >= 15 is 0 Å². The number of nitrogens with zero attached hydrogens (tertiary/aromatic N) is 1. The van der Waals surface area contributed by atoms with Crippen molar-refractivity contribution in [3.8, 4) is 0 Å². The molecule has 3 fully saturated rings. The van der Waals surface area contributed by atoms with Gasteiger partial charge in [0.15, 0.2) is 0 Å². The minimum atomic E-state index is 0.823. The van der Waals surface area contributed by atoms with Gasteiger partial charge in [0.25, 0.3) is 0 Å². The molecule has 2 aliphatic heterocycles.